The number of aromatic nitrogens is 3. The van der Waals surface area contributed by atoms with Gasteiger partial charge in [0, 0.05) is 26.1 Å². The molecule has 0 bridgehead atoms. The zero-order valence-electron chi connectivity index (χ0n) is 11.1. The summed E-state index contributed by atoms with van der Waals surface area (Å²) in [6.07, 6.45) is 2.86. The monoisotopic (exact) mass is 285 g/mol. The van der Waals surface area contributed by atoms with Crippen LogP contribution in [0.3, 0.4) is 0 Å². The first-order chi connectivity index (χ1) is 8.78. The quantitative estimate of drug-likeness (QED) is 0.845. The molecule has 1 fully saturated rings. The molecule has 106 valence electrons. The molecule has 6 nitrogen and oxygen atoms in total. The Kier molecular flexibility index (Phi) is 4.42. The lowest BCUT2D eigenvalue weighted by Gasteiger charge is -2.29. The summed E-state index contributed by atoms with van der Waals surface area (Å²) in [4.78, 5) is 16.5. The predicted molar refractivity (Wildman–Crippen MR) is 73.1 cm³/mol. The van der Waals surface area contributed by atoms with Crippen LogP contribution in [0.5, 0.6) is 0 Å². The third-order valence-corrected chi connectivity index (χ3v) is 3.70. The molecule has 1 aromatic heterocycles. The molecule has 2 aliphatic rings. The highest BCUT2D eigenvalue weighted by atomic mass is 35.5. The van der Waals surface area contributed by atoms with Crippen molar-refractivity contribution in [2.45, 2.75) is 38.8 Å². The second-order valence-electron chi connectivity index (χ2n) is 5.02. The fraction of sp³-hybridized carbons (Fsp3) is 0.750. The predicted octanol–water partition coefficient (Wildman–Crippen LogP) is 0.433. The molecule has 0 aromatic carbocycles. The topological polar surface area (TPSA) is 71.8 Å². The van der Waals surface area contributed by atoms with E-state index in [1.54, 1.807) is 0 Å². The third kappa shape index (κ3) is 2.74. The molecule has 3 rings (SSSR count). The number of nitrogens with one attached hydrogen (secondary N) is 2. The van der Waals surface area contributed by atoms with Crippen molar-refractivity contribution in [3.05, 3.63) is 11.6 Å². The van der Waals surface area contributed by atoms with Crippen LogP contribution in [0, 0.1) is 5.92 Å². The first kappa shape index (κ1) is 14.3. The molecule has 1 amide bonds. The molecule has 2 aliphatic heterocycles. The van der Waals surface area contributed by atoms with E-state index in [1.165, 1.54) is 0 Å². The summed E-state index contributed by atoms with van der Waals surface area (Å²) in [6, 6.07) is 0.0413. The molecule has 2 N–H and O–H groups in total. The summed E-state index contributed by atoms with van der Waals surface area (Å²) < 4.78 is 1.95. The fourth-order valence-electron chi connectivity index (χ4n) is 2.45. The molecule has 7 heteroatoms. The van der Waals surface area contributed by atoms with Gasteiger partial charge in [-0.15, -0.1) is 12.4 Å². The number of halogens is 1. The van der Waals surface area contributed by atoms with Crippen molar-refractivity contribution in [1.82, 2.24) is 25.4 Å². The van der Waals surface area contributed by atoms with Crippen LogP contribution in [-0.4, -0.2) is 33.8 Å². The minimum absolute atomic E-state index is 0. The van der Waals surface area contributed by atoms with Gasteiger partial charge in [0.1, 0.15) is 5.82 Å². The van der Waals surface area contributed by atoms with E-state index in [2.05, 4.69) is 27.6 Å². The van der Waals surface area contributed by atoms with E-state index in [0.717, 1.165) is 50.5 Å². The second kappa shape index (κ2) is 5.88. The summed E-state index contributed by atoms with van der Waals surface area (Å²) in [5.41, 5.74) is 0. The number of hydrogen-bond donors (Lipinski definition) is 2. The molecular weight excluding hydrogens is 266 g/mol. The third-order valence-electron chi connectivity index (χ3n) is 3.70. The summed E-state index contributed by atoms with van der Waals surface area (Å²) in [7, 11) is 0. The lowest BCUT2D eigenvalue weighted by atomic mass is 10.0. The number of carbonyl (C=O) groups is 1. The molecule has 3 heterocycles. The maximum atomic E-state index is 12.0. The van der Waals surface area contributed by atoms with Crippen molar-refractivity contribution in [2.24, 2.45) is 5.92 Å². The highest BCUT2D eigenvalue weighted by Gasteiger charge is 2.30. The highest BCUT2D eigenvalue weighted by molar-refractivity contribution is 5.85. The van der Waals surface area contributed by atoms with Crippen LogP contribution in [-0.2, 0) is 17.8 Å². The number of rotatable bonds is 3. The van der Waals surface area contributed by atoms with Gasteiger partial charge in [-0.25, -0.2) is 9.67 Å². The van der Waals surface area contributed by atoms with Crippen molar-refractivity contribution < 1.29 is 4.79 Å². The van der Waals surface area contributed by atoms with Gasteiger partial charge in [0.25, 0.3) is 0 Å². The summed E-state index contributed by atoms with van der Waals surface area (Å²) in [5, 5.41) is 10.7. The maximum Gasteiger partial charge on any atom is 0.226 e. The zero-order valence-corrected chi connectivity index (χ0v) is 11.9. The zero-order chi connectivity index (χ0) is 12.5. The van der Waals surface area contributed by atoms with Gasteiger partial charge in [-0.1, -0.05) is 6.92 Å². The molecule has 1 saturated heterocycles. The van der Waals surface area contributed by atoms with Gasteiger partial charge in [-0.2, -0.15) is 5.10 Å². The van der Waals surface area contributed by atoms with Crippen molar-refractivity contribution >= 4 is 18.3 Å². The SMILES string of the molecule is CCc1nc2n(n1)CCCC2NC(=O)C1CNC1.Cl. The minimum atomic E-state index is 0. The number of hydrogen-bond acceptors (Lipinski definition) is 4. The van der Waals surface area contributed by atoms with E-state index < -0.39 is 0 Å². The molecule has 1 unspecified atom stereocenters. The average molecular weight is 286 g/mol. The van der Waals surface area contributed by atoms with Gasteiger partial charge in [0.2, 0.25) is 5.91 Å². The molecule has 0 radical (unpaired) electrons. The van der Waals surface area contributed by atoms with Crippen molar-refractivity contribution in [3.8, 4) is 0 Å². The molecule has 1 atom stereocenters. The van der Waals surface area contributed by atoms with E-state index in [1.807, 2.05) is 4.68 Å². The van der Waals surface area contributed by atoms with Gasteiger partial charge in [0.05, 0.1) is 12.0 Å². The number of nitrogens with zero attached hydrogens (tertiary/aromatic N) is 3. The molecular formula is C12H20ClN5O. The Labute approximate surface area is 118 Å². The first-order valence-corrected chi connectivity index (χ1v) is 6.72. The number of fused-ring (bicyclic) bond motifs is 1. The van der Waals surface area contributed by atoms with Crippen LogP contribution in [0.2, 0.25) is 0 Å². The van der Waals surface area contributed by atoms with Crippen LogP contribution in [0.1, 0.15) is 37.5 Å². The largest absolute Gasteiger partial charge is 0.346 e. The molecule has 1 aromatic rings. The van der Waals surface area contributed by atoms with Crippen LogP contribution < -0.4 is 10.6 Å². The van der Waals surface area contributed by atoms with E-state index in [4.69, 9.17) is 0 Å². The Morgan fingerprint density at radius 1 is 1.53 bits per heavy atom. The smallest absolute Gasteiger partial charge is 0.226 e. The maximum absolute atomic E-state index is 12.0. The first-order valence-electron chi connectivity index (χ1n) is 6.72. The van der Waals surface area contributed by atoms with Crippen LogP contribution in [0.25, 0.3) is 0 Å². The molecule has 0 saturated carbocycles. The minimum Gasteiger partial charge on any atom is -0.346 e. The van der Waals surface area contributed by atoms with E-state index >= 15 is 0 Å². The lowest BCUT2D eigenvalue weighted by Crippen LogP contribution is -2.51. The average Bonchev–Trinajstić information content (AvgIpc) is 2.70. The van der Waals surface area contributed by atoms with Crippen molar-refractivity contribution in [3.63, 3.8) is 0 Å². The Balaban J connectivity index is 0.00000133. The van der Waals surface area contributed by atoms with Crippen LogP contribution in [0.4, 0.5) is 0 Å². The summed E-state index contributed by atoms with van der Waals surface area (Å²) in [6.45, 7) is 4.56. The van der Waals surface area contributed by atoms with E-state index in [-0.39, 0.29) is 30.3 Å². The van der Waals surface area contributed by atoms with Crippen LogP contribution >= 0.6 is 12.4 Å². The van der Waals surface area contributed by atoms with Gasteiger partial charge in [-0.3, -0.25) is 4.79 Å². The standard InChI is InChI=1S/C12H19N5O.ClH/c1-2-10-15-11-9(4-3-5-17(11)16-10)14-12(18)8-6-13-7-8;/h8-9,13H,2-7H2,1H3,(H,14,18);1H. The van der Waals surface area contributed by atoms with Gasteiger partial charge < -0.3 is 10.6 Å². The van der Waals surface area contributed by atoms with Gasteiger partial charge >= 0.3 is 0 Å². The van der Waals surface area contributed by atoms with Gasteiger partial charge in [-0.05, 0) is 12.8 Å². The number of amides is 1. The molecule has 0 spiro atoms. The van der Waals surface area contributed by atoms with E-state index in [0.29, 0.717) is 0 Å². The lowest BCUT2D eigenvalue weighted by molar-refractivity contribution is -0.127. The second-order valence-corrected chi connectivity index (χ2v) is 5.02. The molecule has 19 heavy (non-hydrogen) atoms. The van der Waals surface area contributed by atoms with Crippen LogP contribution in [0.15, 0.2) is 0 Å². The summed E-state index contributed by atoms with van der Waals surface area (Å²) >= 11 is 0. The molecule has 0 aliphatic carbocycles. The fourth-order valence-corrected chi connectivity index (χ4v) is 2.45. The number of aryl methyl sites for hydroxylation is 2. The van der Waals surface area contributed by atoms with Gasteiger partial charge in [0.15, 0.2) is 5.82 Å². The Bertz CT molecular complexity index is 457. The number of carbonyl (C=O) groups excluding carboxylic acids is 1. The van der Waals surface area contributed by atoms with Crippen molar-refractivity contribution in [1.29, 1.82) is 0 Å². The van der Waals surface area contributed by atoms with E-state index in [9.17, 15) is 4.79 Å². The normalized spacial score (nSPS) is 22.1. The van der Waals surface area contributed by atoms with Crippen molar-refractivity contribution in [2.75, 3.05) is 13.1 Å². The summed E-state index contributed by atoms with van der Waals surface area (Å²) in [5.74, 6) is 2.08. The highest BCUT2D eigenvalue weighted by Crippen LogP contribution is 2.23. The Morgan fingerprint density at radius 3 is 2.95 bits per heavy atom. The Hall–Kier alpha value is -1.14. The Morgan fingerprint density at radius 2 is 2.32 bits per heavy atom.